The highest BCUT2D eigenvalue weighted by Gasteiger charge is 2.33. The van der Waals surface area contributed by atoms with Crippen LogP contribution in [0.15, 0.2) is 28.7 Å². The summed E-state index contributed by atoms with van der Waals surface area (Å²) in [4.78, 5) is 0. The zero-order chi connectivity index (χ0) is 11.6. The zero-order valence-electron chi connectivity index (χ0n) is 10.1. The molecule has 1 aliphatic heterocycles. The monoisotopic (exact) mass is 281 g/mol. The highest BCUT2D eigenvalue weighted by atomic mass is 79.9. The minimum absolute atomic E-state index is 0.244. The van der Waals surface area contributed by atoms with Gasteiger partial charge in [-0.05, 0) is 48.9 Å². The molecule has 88 valence electrons. The predicted molar refractivity (Wildman–Crippen MR) is 72.8 cm³/mol. The molecule has 1 aromatic carbocycles. The first kappa shape index (κ1) is 12.1. The fraction of sp³-hybridized carbons (Fsp3) is 0.571. The average molecular weight is 282 g/mol. The van der Waals surface area contributed by atoms with E-state index in [0.717, 1.165) is 12.5 Å². The first-order chi connectivity index (χ1) is 7.62. The maximum atomic E-state index is 3.68. The van der Waals surface area contributed by atoms with Crippen LogP contribution in [0.3, 0.4) is 0 Å². The molecule has 0 spiro atoms. The van der Waals surface area contributed by atoms with Gasteiger partial charge in [-0.1, -0.05) is 48.0 Å². The molecule has 0 amide bonds. The van der Waals surface area contributed by atoms with E-state index in [1.165, 1.54) is 29.4 Å². The smallest absolute Gasteiger partial charge is 0.0212 e. The maximum absolute atomic E-state index is 3.68. The van der Waals surface area contributed by atoms with Crippen molar-refractivity contribution in [2.75, 3.05) is 13.1 Å². The SMILES string of the molecule is CC(C)(c1ccccc1Br)C1CCCNC1. The first-order valence-corrected chi connectivity index (χ1v) is 6.87. The van der Waals surface area contributed by atoms with Crippen molar-refractivity contribution in [3.05, 3.63) is 34.3 Å². The van der Waals surface area contributed by atoms with Crippen LogP contribution >= 0.6 is 15.9 Å². The number of nitrogens with one attached hydrogen (secondary N) is 1. The van der Waals surface area contributed by atoms with E-state index in [4.69, 9.17) is 0 Å². The molecule has 1 N–H and O–H groups in total. The summed E-state index contributed by atoms with van der Waals surface area (Å²) < 4.78 is 1.24. The molecule has 1 nitrogen and oxygen atoms in total. The largest absolute Gasteiger partial charge is 0.316 e. The van der Waals surface area contributed by atoms with Gasteiger partial charge in [-0.2, -0.15) is 0 Å². The predicted octanol–water partition coefficient (Wildman–Crippen LogP) is 3.73. The molecule has 16 heavy (non-hydrogen) atoms. The lowest BCUT2D eigenvalue weighted by molar-refractivity contribution is 0.251. The van der Waals surface area contributed by atoms with Gasteiger partial charge >= 0.3 is 0 Å². The van der Waals surface area contributed by atoms with Gasteiger partial charge in [0, 0.05) is 4.47 Å². The second kappa shape index (κ2) is 4.89. The van der Waals surface area contributed by atoms with Gasteiger partial charge < -0.3 is 5.32 Å². The average Bonchev–Trinajstić information content (AvgIpc) is 2.30. The second-order valence-corrected chi connectivity index (χ2v) is 6.10. The molecule has 0 saturated carbocycles. The molecule has 1 aliphatic rings. The molecule has 0 radical (unpaired) electrons. The van der Waals surface area contributed by atoms with Crippen LogP contribution in [0.25, 0.3) is 0 Å². The molecule has 2 rings (SSSR count). The summed E-state index contributed by atoms with van der Waals surface area (Å²) in [5.74, 6) is 0.736. The van der Waals surface area contributed by atoms with E-state index in [1.807, 2.05) is 0 Å². The highest BCUT2D eigenvalue weighted by Crippen LogP contribution is 2.38. The van der Waals surface area contributed by atoms with Crippen molar-refractivity contribution < 1.29 is 0 Å². The lowest BCUT2D eigenvalue weighted by Gasteiger charge is -2.38. The topological polar surface area (TPSA) is 12.0 Å². The third-order valence-electron chi connectivity index (χ3n) is 3.89. The molecule has 1 aromatic rings. The van der Waals surface area contributed by atoms with Crippen molar-refractivity contribution in [2.24, 2.45) is 5.92 Å². The summed E-state index contributed by atoms with van der Waals surface area (Å²) in [5.41, 5.74) is 1.68. The van der Waals surface area contributed by atoms with Gasteiger partial charge in [0.1, 0.15) is 0 Å². The number of rotatable bonds is 2. The van der Waals surface area contributed by atoms with Crippen molar-refractivity contribution in [1.29, 1.82) is 0 Å². The molecule has 2 heteroatoms. The van der Waals surface area contributed by atoms with Crippen LogP contribution in [0.5, 0.6) is 0 Å². The molecule has 1 atom stereocenters. The van der Waals surface area contributed by atoms with E-state index in [2.05, 4.69) is 59.4 Å². The Bertz CT molecular complexity index is 354. The molecule has 1 fully saturated rings. The molecular formula is C14H20BrN. The normalized spacial score (nSPS) is 22.1. The second-order valence-electron chi connectivity index (χ2n) is 5.24. The third-order valence-corrected chi connectivity index (χ3v) is 4.58. The van der Waals surface area contributed by atoms with E-state index in [-0.39, 0.29) is 5.41 Å². The zero-order valence-corrected chi connectivity index (χ0v) is 11.7. The van der Waals surface area contributed by atoms with E-state index in [9.17, 15) is 0 Å². The minimum Gasteiger partial charge on any atom is -0.316 e. The number of benzene rings is 1. The minimum atomic E-state index is 0.244. The van der Waals surface area contributed by atoms with Crippen molar-refractivity contribution in [2.45, 2.75) is 32.1 Å². The van der Waals surface area contributed by atoms with E-state index >= 15 is 0 Å². The van der Waals surface area contributed by atoms with Gasteiger partial charge in [-0.25, -0.2) is 0 Å². The quantitative estimate of drug-likeness (QED) is 0.871. The Balaban J connectivity index is 2.26. The molecule has 1 heterocycles. The number of halogens is 1. The van der Waals surface area contributed by atoms with E-state index < -0.39 is 0 Å². The van der Waals surface area contributed by atoms with Gasteiger partial charge in [0.15, 0.2) is 0 Å². The maximum Gasteiger partial charge on any atom is 0.0212 e. The fourth-order valence-corrected chi connectivity index (χ4v) is 3.47. The fourth-order valence-electron chi connectivity index (χ4n) is 2.67. The lowest BCUT2D eigenvalue weighted by Crippen LogP contribution is -2.40. The summed E-state index contributed by atoms with van der Waals surface area (Å²) in [5, 5.41) is 3.51. The highest BCUT2D eigenvalue weighted by molar-refractivity contribution is 9.10. The van der Waals surface area contributed by atoms with Gasteiger partial charge in [-0.3, -0.25) is 0 Å². The van der Waals surface area contributed by atoms with Crippen LogP contribution in [-0.2, 0) is 5.41 Å². The van der Waals surface area contributed by atoms with Gasteiger partial charge in [0.2, 0.25) is 0 Å². The first-order valence-electron chi connectivity index (χ1n) is 6.08. The molecule has 0 aliphatic carbocycles. The van der Waals surface area contributed by atoms with E-state index in [1.54, 1.807) is 0 Å². The molecule has 0 bridgehead atoms. The standard InChI is InChI=1S/C14H20BrN/c1-14(2,11-6-5-9-16-10-11)12-7-3-4-8-13(12)15/h3-4,7-8,11,16H,5-6,9-10H2,1-2H3. The summed E-state index contributed by atoms with van der Waals surface area (Å²) in [6.07, 6.45) is 2.64. The molecule has 1 saturated heterocycles. The van der Waals surface area contributed by atoms with Crippen molar-refractivity contribution in [3.8, 4) is 0 Å². The Morgan fingerprint density at radius 1 is 1.31 bits per heavy atom. The lowest BCUT2D eigenvalue weighted by atomic mass is 9.70. The van der Waals surface area contributed by atoms with Crippen molar-refractivity contribution in [3.63, 3.8) is 0 Å². The molecular weight excluding hydrogens is 262 g/mol. The van der Waals surface area contributed by atoms with Crippen LogP contribution in [0.4, 0.5) is 0 Å². The summed E-state index contributed by atoms with van der Waals surface area (Å²) in [6, 6.07) is 8.62. The summed E-state index contributed by atoms with van der Waals surface area (Å²) in [6.45, 7) is 7.06. The third kappa shape index (κ3) is 2.33. The van der Waals surface area contributed by atoms with Gasteiger partial charge in [0.25, 0.3) is 0 Å². The number of hydrogen-bond donors (Lipinski definition) is 1. The molecule has 1 unspecified atom stereocenters. The van der Waals surface area contributed by atoms with Crippen LogP contribution in [-0.4, -0.2) is 13.1 Å². The molecule has 0 aromatic heterocycles. The Morgan fingerprint density at radius 2 is 2.06 bits per heavy atom. The summed E-state index contributed by atoms with van der Waals surface area (Å²) >= 11 is 3.68. The number of piperidine rings is 1. The number of hydrogen-bond acceptors (Lipinski definition) is 1. The van der Waals surface area contributed by atoms with Gasteiger partial charge in [-0.15, -0.1) is 0 Å². The van der Waals surface area contributed by atoms with Crippen LogP contribution in [0, 0.1) is 5.92 Å². The Morgan fingerprint density at radius 3 is 2.69 bits per heavy atom. The van der Waals surface area contributed by atoms with Crippen LogP contribution in [0.2, 0.25) is 0 Å². The van der Waals surface area contributed by atoms with Crippen LogP contribution in [0.1, 0.15) is 32.3 Å². The Hall–Kier alpha value is -0.340. The van der Waals surface area contributed by atoms with Crippen LogP contribution < -0.4 is 5.32 Å². The Labute approximate surface area is 107 Å². The Kier molecular flexibility index (Phi) is 3.70. The van der Waals surface area contributed by atoms with E-state index in [0.29, 0.717) is 0 Å². The van der Waals surface area contributed by atoms with Crippen molar-refractivity contribution >= 4 is 15.9 Å². The van der Waals surface area contributed by atoms with Gasteiger partial charge in [0.05, 0.1) is 0 Å². The van der Waals surface area contributed by atoms with Crippen molar-refractivity contribution in [1.82, 2.24) is 5.32 Å². The summed E-state index contributed by atoms with van der Waals surface area (Å²) in [7, 11) is 0.